The van der Waals surface area contributed by atoms with Crippen molar-refractivity contribution < 1.29 is 4.74 Å². The molecule has 2 heteroatoms. The number of fused-ring (bicyclic) bond motifs is 5. The maximum absolute atomic E-state index is 6.17. The van der Waals surface area contributed by atoms with Crippen LogP contribution in [0.2, 0.25) is 0 Å². The summed E-state index contributed by atoms with van der Waals surface area (Å²) in [5.74, 6) is 2.37. The number of aromatic nitrogens is 1. The first kappa shape index (κ1) is 14.0. The molecular weight excluding hydrogens is 282 g/mol. The molecule has 2 aromatic carbocycles. The van der Waals surface area contributed by atoms with Gasteiger partial charge in [0.05, 0.1) is 5.69 Å². The highest BCUT2D eigenvalue weighted by atomic mass is 16.5. The number of benzene rings is 2. The van der Waals surface area contributed by atoms with Gasteiger partial charge in [-0.3, -0.25) is 4.98 Å². The summed E-state index contributed by atoms with van der Waals surface area (Å²) in [6, 6.07) is 18.6. The van der Waals surface area contributed by atoms with Crippen molar-refractivity contribution >= 4 is 0 Å². The first-order valence-corrected chi connectivity index (χ1v) is 8.08. The van der Waals surface area contributed by atoms with E-state index >= 15 is 0 Å². The highest BCUT2D eigenvalue weighted by molar-refractivity contribution is 5.88. The van der Waals surface area contributed by atoms with Crippen LogP contribution in [0.5, 0.6) is 11.5 Å². The summed E-state index contributed by atoms with van der Waals surface area (Å²) in [5.41, 5.74) is 5.58. The number of pyridine rings is 1. The van der Waals surface area contributed by atoms with Gasteiger partial charge in [0.1, 0.15) is 11.5 Å². The van der Waals surface area contributed by atoms with Crippen molar-refractivity contribution in [3.8, 4) is 33.9 Å². The summed E-state index contributed by atoms with van der Waals surface area (Å²) in [6.45, 7) is 4.47. The molecule has 0 atom stereocenters. The van der Waals surface area contributed by atoms with Crippen LogP contribution in [0.3, 0.4) is 0 Å². The van der Waals surface area contributed by atoms with Crippen LogP contribution in [0.15, 0.2) is 60.8 Å². The Bertz CT molecular complexity index is 867. The van der Waals surface area contributed by atoms with E-state index in [9.17, 15) is 0 Å². The van der Waals surface area contributed by atoms with Gasteiger partial charge in [-0.2, -0.15) is 0 Å². The average Bonchev–Trinajstić information content (AvgIpc) is 2.69. The van der Waals surface area contributed by atoms with Gasteiger partial charge in [-0.05, 0) is 42.2 Å². The van der Waals surface area contributed by atoms with Gasteiger partial charge >= 0.3 is 0 Å². The van der Waals surface area contributed by atoms with E-state index in [0.717, 1.165) is 40.3 Å². The number of rotatable bonds is 2. The van der Waals surface area contributed by atoms with Crippen LogP contribution in [0.25, 0.3) is 22.4 Å². The fourth-order valence-electron chi connectivity index (χ4n) is 3.16. The lowest BCUT2D eigenvalue weighted by Crippen LogP contribution is -1.97. The monoisotopic (exact) mass is 301 g/mol. The fourth-order valence-corrected chi connectivity index (χ4v) is 3.16. The summed E-state index contributed by atoms with van der Waals surface area (Å²) < 4.78 is 6.17. The maximum Gasteiger partial charge on any atom is 0.136 e. The summed E-state index contributed by atoms with van der Waals surface area (Å²) >= 11 is 0. The summed E-state index contributed by atoms with van der Waals surface area (Å²) in [6.07, 6.45) is 3.04. The minimum Gasteiger partial charge on any atom is -0.456 e. The molecule has 0 fully saturated rings. The third-order valence-corrected chi connectivity index (χ3v) is 4.13. The Labute approximate surface area is 136 Å². The molecule has 2 nitrogen and oxygen atoms in total. The van der Waals surface area contributed by atoms with Crippen molar-refractivity contribution in [3.05, 3.63) is 66.4 Å². The minimum absolute atomic E-state index is 0.611. The Balaban J connectivity index is 1.99. The van der Waals surface area contributed by atoms with E-state index in [-0.39, 0.29) is 0 Å². The van der Waals surface area contributed by atoms with Gasteiger partial charge in [-0.25, -0.2) is 0 Å². The van der Waals surface area contributed by atoms with Crippen LogP contribution >= 0.6 is 0 Å². The number of hydrogen-bond acceptors (Lipinski definition) is 2. The van der Waals surface area contributed by atoms with E-state index in [1.807, 2.05) is 36.5 Å². The van der Waals surface area contributed by atoms with E-state index < -0.39 is 0 Å². The van der Waals surface area contributed by atoms with Crippen LogP contribution in [-0.4, -0.2) is 4.98 Å². The van der Waals surface area contributed by atoms with Crippen molar-refractivity contribution in [1.29, 1.82) is 0 Å². The standard InChI is InChI=1S/C21H19NO/c1-14(2)11-15-12-18-16-7-3-5-9-19(16)23-20-10-6-4-8-17(20)21(18)22-13-15/h3-10,12-14H,11H2,1-2H3. The predicted octanol–water partition coefficient (Wildman–Crippen LogP) is 5.72. The quantitative estimate of drug-likeness (QED) is 0.472. The number of ether oxygens (including phenoxy) is 1. The Morgan fingerprint density at radius 2 is 1.52 bits per heavy atom. The van der Waals surface area contributed by atoms with Gasteiger partial charge in [-0.1, -0.05) is 44.2 Å². The Hall–Kier alpha value is -2.61. The van der Waals surface area contributed by atoms with Crippen molar-refractivity contribution in [2.45, 2.75) is 20.3 Å². The molecule has 0 bridgehead atoms. The van der Waals surface area contributed by atoms with Crippen molar-refractivity contribution in [3.63, 3.8) is 0 Å². The Morgan fingerprint density at radius 1 is 0.870 bits per heavy atom. The van der Waals surface area contributed by atoms with Crippen LogP contribution < -0.4 is 4.74 Å². The molecule has 114 valence electrons. The van der Waals surface area contributed by atoms with Gasteiger partial charge in [-0.15, -0.1) is 0 Å². The smallest absolute Gasteiger partial charge is 0.136 e. The minimum atomic E-state index is 0.611. The number of hydrogen-bond donors (Lipinski definition) is 0. The Morgan fingerprint density at radius 3 is 2.26 bits per heavy atom. The molecule has 0 aliphatic carbocycles. The van der Waals surface area contributed by atoms with E-state index in [1.54, 1.807) is 0 Å². The molecular formula is C21H19NO. The first-order chi connectivity index (χ1) is 11.2. The molecule has 0 unspecified atom stereocenters. The van der Waals surface area contributed by atoms with E-state index in [0.29, 0.717) is 5.92 Å². The molecule has 4 rings (SSSR count). The maximum atomic E-state index is 6.17. The van der Waals surface area contributed by atoms with Crippen molar-refractivity contribution in [2.24, 2.45) is 5.92 Å². The van der Waals surface area contributed by atoms with Crippen molar-refractivity contribution in [1.82, 2.24) is 4.98 Å². The van der Waals surface area contributed by atoms with E-state index in [4.69, 9.17) is 9.72 Å². The van der Waals surface area contributed by atoms with Gasteiger partial charge in [0.2, 0.25) is 0 Å². The van der Waals surface area contributed by atoms with Crippen LogP contribution in [-0.2, 0) is 6.42 Å². The summed E-state index contributed by atoms with van der Waals surface area (Å²) in [5, 5.41) is 0. The normalized spacial score (nSPS) is 12.0. The molecule has 0 spiro atoms. The summed E-state index contributed by atoms with van der Waals surface area (Å²) in [7, 11) is 0. The zero-order chi connectivity index (χ0) is 15.8. The molecule has 1 aliphatic rings. The van der Waals surface area contributed by atoms with Crippen LogP contribution in [0.4, 0.5) is 0 Å². The molecule has 0 radical (unpaired) electrons. The third-order valence-electron chi connectivity index (χ3n) is 4.13. The lowest BCUT2D eigenvalue weighted by molar-refractivity contribution is 0.487. The van der Waals surface area contributed by atoms with Crippen LogP contribution in [0.1, 0.15) is 19.4 Å². The predicted molar refractivity (Wildman–Crippen MR) is 93.7 cm³/mol. The molecule has 0 saturated carbocycles. The zero-order valence-electron chi connectivity index (χ0n) is 13.4. The second kappa shape index (κ2) is 5.54. The first-order valence-electron chi connectivity index (χ1n) is 8.08. The highest BCUT2D eigenvalue weighted by Gasteiger charge is 2.21. The SMILES string of the molecule is CC(C)Cc1cnc2c(c1)-c1ccccc1Oc1ccccc1-2. The number of para-hydroxylation sites is 2. The summed E-state index contributed by atoms with van der Waals surface area (Å²) in [4.78, 5) is 4.79. The fraction of sp³-hybridized carbons (Fsp3) is 0.190. The molecule has 3 aromatic rings. The molecule has 1 aromatic heterocycles. The average molecular weight is 301 g/mol. The van der Waals surface area contributed by atoms with E-state index in [1.165, 1.54) is 5.56 Å². The second-order valence-corrected chi connectivity index (χ2v) is 6.43. The van der Waals surface area contributed by atoms with Gasteiger partial charge in [0, 0.05) is 22.9 Å². The van der Waals surface area contributed by atoms with Crippen LogP contribution in [0, 0.1) is 5.92 Å². The zero-order valence-corrected chi connectivity index (χ0v) is 13.4. The molecule has 0 saturated heterocycles. The lowest BCUT2D eigenvalue weighted by atomic mass is 9.95. The second-order valence-electron chi connectivity index (χ2n) is 6.43. The van der Waals surface area contributed by atoms with Gasteiger partial charge in [0.15, 0.2) is 0 Å². The number of nitrogens with zero attached hydrogens (tertiary/aromatic N) is 1. The van der Waals surface area contributed by atoms with E-state index in [2.05, 4.69) is 38.1 Å². The lowest BCUT2D eigenvalue weighted by Gasteiger charge is -2.11. The molecule has 23 heavy (non-hydrogen) atoms. The third kappa shape index (κ3) is 2.50. The highest BCUT2D eigenvalue weighted by Crippen LogP contribution is 2.45. The molecule has 0 amide bonds. The van der Waals surface area contributed by atoms with Gasteiger partial charge in [0.25, 0.3) is 0 Å². The largest absolute Gasteiger partial charge is 0.456 e. The van der Waals surface area contributed by atoms with Gasteiger partial charge < -0.3 is 4.74 Å². The topological polar surface area (TPSA) is 22.1 Å². The molecule has 1 aliphatic heterocycles. The molecule has 2 heterocycles. The molecule has 0 N–H and O–H groups in total. The Kier molecular flexibility index (Phi) is 3.38. The van der Waals surface area contributed by atoms with Crippen molar-refractivity contribution in [2.75, 3.05) is 0 Å².